The van der Waals surface area contributed by atoms with E-state index in [1.807, 2.05) is 0 Å². The van der Waals surface area contributed by atoms with Crippen molar-refractivity contribution in [3.63, 3.8) is 0 Å². The fourth-order valence-electron chi connectivity index (χ4n) is 1.53. The molecule has 0 spiro atoms. The van der Waals surface area contributed by atoms with Gasteiger partial charge in [0.05, 0.1) is 17.8 Å². The summed E-state index contributed by atoms with van der Waals surface area (Å²) in [6.07, 6.45) is -4.47. The molecule has 8 heteroatoms. The van der Waals surface area contributed by atoms with E-state index in [-0.39, 0.29) is 17.5 Å². The van der Waals surface area contributed by atoms with Crippen molar-refractivity contribution >= 4 is 17.4 Å². The van der Waals surface area contributed by atoms with Gasteiger partial charge in [0.2, 0.25) is 5.89 Å². The fraction of sp³-hybridized carbons (Fsp3) is 0.333. The maximum atomic E-state index is 12.6. The van der Waals surface area contributed by atoms with Gasteiger partial charge in [0.15, 0.2) is 0 Å². The van der Waals surface area contributed by atoms with Crippen molar-refractivity contribution in [2.75, 3.05) is 5.32 Å². The van der Waals surface area contributed by atoms with Gasteiger partial charge >= 0.3 is 6.18 Å². The van der Waals surface area contributed by atoms with E-state index in [0.717, 1.165) is 17.8 Å². The maximum Gasteiger partial charge on any atom is 0.416 e. The predicted octanol–water partition coefficient (Wildman–Crippen LogP) is 3.97. The molecule has 20 heavy (non-hydrogen) atoms. The average Bonchev–Trinajstić information content (AvgIpc) is 2.65. The highest BCUT2D eigenvalue weighted by molar-refractivity contribution is 6.29. The predicted molar refractivity (Wildman–Crippen MR) is 67.6 cm³/mol. The second-order valence-electron chi connectivity index (χ2n) is 4.16. The van der Waals surface area contributed by atoms with Gasteiger partial charge in [-0.2, -0.15) is 13.2 Å². The molecule has 2 rings (SSSR count). The zero-order valence-electron chi connectivity index (χ0n) is 10.7. The van der Waals surface area contributed by atoms with Gasteiger partial charge in [0.25, 0.3) is 0 Å². The van der Waals surface area contributed by atoms with Crippen LogP contribution in [0.5, 0.6) is 0 Å². The largest absolute Gasteiger partial charge is 0.444 e. The van der Waals surface area contributed by atoms with E-state index in [1.54, 1.807) is 13.8 Å². The Labute approximate surface area is 118 Å². The van der Waals surface area contributed by atoms with Crippen molar-refractivity contribution in [2.24, 2.45) is 0 Å². The van der Waals surface area contributed by atoms with Gasteiger partial charge in [-0.15, -0.1) is 0 Å². The molecule has 0 radical (unpaired) electrons. The van der Waals surface area contributed by atoms with Crippen molar-refractivity contribution in [1.29, 1.82) is 0 Å². The molecule has 0 aromatic carbocycles. The molecule has 0 bridgehead atoms. The molecule has 0 saturated carbocycles. The first-order chi connectivity index (χ1) is 9.25. The summed E-state index contributed by atoms with van der Waals surface area (Å²) < 4.78 is 43.2. The molecule has 0 fully saturated rings. The van der Waals surface area contributed by atoms with E-state index in [2.05, 4.69) is 15.3 Å². The molecule has 2 aromatic rings. The van der Waals surface area contributed by atoms with Crippen molar-refractivity contribution < 1.29 is 17.6 Å². The van der Waals surface area contributed by atoms with E-state index < -0.39 is 11.7 Å². The number of alkyl halides is 3. The molecule has 4 nitrogen and oxygen atoms in total. The molecule has 0 amide bonds. The number of nitrogens with one attached hydrogen (secondary N) is 1. The third kappa shape index (κ3) is 3.41. The minimum Gasteiger partial charge on any atom is -0.444 e. The first-order valence-electron chi connectivity index (χ1n) is 5.67. The van der Waals surface area contributed by atoms with E-state index in [1.165, 1.54) is 0 Å². The molecule has 1 N–H and O–H groups in total. The lowest BCUT2D eigenvalue weighted by molar-refractivity contribution is -0.137. The number of pyridine rings is 1. The summed E-state index contributed by atoms with van der Waals surface area (Å²) in [5, 5.41) is 2.47. The highest BCUT2D eigenvalue weighted by Crippen LogP contribution is 2.32. The van der Waals surface area contributed by atoms with Crippen molar-refractivity contribution in [1.82, 2.24) is 9.97 Å². The first-order valence-corrected chi connectivity index (χ1v) is 6.05. The summed E-state index contributed by atoms with van der Waals surface area (Å²) in [6.45, 7) is 3.66. The molecule has 0 unspecified atom stereocenters. The Hall–Kier alpha value is -1.76. The molecule has 0 aliphatic rings. The molecule has 2 aromatic heterocycles. The van der Waals surface area contributed by atoms with Crippen LogP contribution in [0.3, 0.4) is 0 Å². The quantitative estimate of drug-likeness (QED) is 0.872. The van der Waals surface area contributed by atoms with E-state index in [0.29, 0.717) is 11.7 Å². The summed E-state index contributed by atoms with van der Waals surface area (Å²) in [5.41, 5.74) is -0.128. The first kappa shape index (κ1) is 14.6. The van der Waals surface area contributed by atoms with E-state index >= 15 is 0 Å². The highest BCUT2D eigenvalue weighted by Gasteiger charge is 2.31. The Morgan fingerprint density at radius 1 is 1.25 bits per heavy atom. The molecule has 0 aliphatic carbocycles. The lowest BCUT2D eigenvalue weighted by atomic mass is 10.2. The van der Waals surface area contributed by atoms with Crippen LogP contribution in [0.1, 0.15) is 22.9 Å². The van der Waals surface area contributed by atoms with Crippen LogP contribution in [-0.2, 0) is 12.7 Å². The fourth-order valence-corrected chi connectivity index (χ4v) is 1.74. The van der Waals surface area contributed by atoms with Crippen LogP contribution in [0.2, 0.25) is 5.15 Å². The Morgan fingerprint density at radius 2 is 1.95 bits per heavy atom. The van der Waals surface area contributed by atoms with Crippen LogP contribution >= 0.6 is 11.6 Å². The van der Waals surface area contributed by atoms with Gasteiger partial charge in [-0.1, -0.05) is 11.6 Å². The van der Waals surface area contributed by atoms with Crippen LogP contribution < -0.4 is 5.32 Å². The lowest BCUT2D eigenvalue weighted by Crippen LogP contribution is -2.08. The van der Waals surface area contributed by atoms with Crippen LogP contribution in [0.4, 0.5) is 19.0 Å². The average molecular weight is 306 g/mol. The van der Waals surface area contributed by atoms with Crippen molar-refractivity contribution in [3.8, 4) is 0 Å². The molecule has 0 atom stereocenters. The summed E-state index contributed by atoms with van der Waals surface area (Å²) in [5.74, 6) is 1.05. The maximum absolute atomic E-state index is 12.6. The number of aryl methyl sites for hydroxylation is 2. The Kier molecular flexibility index (Phi) is 3.89. The molecule has 0 saturated heterocycles. The van der Waals surface area contributed by atoms with E-state index in [9.17, 15) is 13.2 Å². The van der Waals surface area contributed by atoms with Gasteiger partial charge in [-0.05, 0) is 26.0 Å². The lowest BCUT2D eigenvalue weighted by Gasteiger charge is -2.09. The number of rotatable bonds is 3. The highest BCUT2D eigenvalue weighted by atomic mass is 35.5. The second-order valence-corrected chi connectivity index (χ2v) is 4.55. The standard InChI is InChI=1S/C12H11ClF3N3O/c1-6-7(2)20-11(18-6)5-17-10-4-8(12(14,15)16)3-9(13)19-10/h3-4H,5H2,1-2H3,(H,17,19). The van der Waals surface area contributed by atoms with Crippen LogP contribution in [0.15, 0.2) is 16.5 Å². The molecule has 108 valence electrons. The Morgan fingerprint density at radius 3 is 2.50 bits per heavy atom. The van der Waals surface area contributed by atoms with E-state index in [4.69, 9.17) is 16.0 Å². The summed E-state index contributed by atoms with van der Waals surface area (Å²) in [6, 6.07) is 1.65. The van der Waals surface area contributed by atoms with Gasteiger partial charge in [0.1, 0.15) is 16.7 Å². The third-order valence-corrected chi connectivity index (χ3v) is 2.81. The second kappa shape index (κ2) is 5.32. The molecular formula is C12H11ClF3N3O. The Balaban J connectivity index is 2.15. The molecule has 0 aliphatic heterocycles. The van der Waals surface area contributed by atoms with Gasteiger partial charge < -0.3 is 9.73 Å². The minimum atomic E-state index is -4.47. The number of aromatic nitrogens is 2. The summed E-state index contributed by atoms with van der Waals surface area (Å²) in [4.78, 5) is 7.88. The van der Waals surface area contributed by atoms with Crippen LogP contribution in [0.25, 0.3) is 0 Å². The van der Waals surface area contributed by atoms with Gasteiger partial charge in [-0.25, -0.2) is 9.97 Å². The number of oxazole rings is 1. The SMILES string of the molecule is Cc1nc(CNc2cc(C(F)(F)F)cc(Cl)n2)oc1C. The molecular weight excluding hydrogens is 295 g/mol. The normalized spacial score (nSPS) is 11.7. The summed E-state index contributed by atoms with van der Waals surface area (Å²) >= 11 is 5.58. The third-order valence-electron chi connectivity index (χ3n) is 2.61. The summed E-state index contributed by atoms with van der Waals surface area (Å²) in [7, 11) is 0. The number of nitrogens with zero attached hydrogens (tertiary/aromatic N) is 2. The van der Waals surface area contributed by atoms with Crippen molar-refractivity contribution in [3.05, 3.63) is 40.2 Å². The number of anilines is 1. The number of hydrogen-bond acceptors (Lipinski definition) is 4. The topological polar surface area (TPSA) is 51.0 Å². The van der Waals surface area contributed by atoms with Gasteiger partial charge in [-0.3, -0.25) is 0 Å². The van der Waals surface area contributed by atoms with Crippen LogP contribution in [0, 0.1) is 13.8 Å². The van der Waals surface area contributed by atoms with Crippen molar-refractivity contribution in [2.45, 2.75) is 26.6 Å². The van der Waals surface area contributed by atoms with Crippen LogP contribution in [-0.4, -0.2) is 9.97 Å². The smallest absolute Gasteiger partial charge is 0.416 e. The Bertz CT molecular complexity index is 605. The number of halogens is 4. The molecule has 2 heterocycles. The zero-order valence-corrected chi connectivity index (χ0v) is 11.4. The monoisotopic (exact) mass is 305 g/mol. The minimum absolute atomic E-state index is 0.0123. The zero-order chi connectivity index (χ0) is 14.9. The number of hydrogen-bond donors (Lipinski definition) is 1. The van der Waals surface area contributed by atoms with Gasteiger partial charge in [0, 0.05) is 0 Å².